The third-order valence-electron chi connectivity index (χ3n) is 9.27. The lowest BCUT2D eigenvalue weighted by atomic mass is 9.76. The Kier molecular flexibility index (Phi) is 8.62. The van der Waals surface area contributed by atoms with Gasteiger partial charge in [0.2, 0.25) is 0 Å². The lowest BCUT2D eigenvalue weighted by molar-refractivity contribution is -0.122. The number of barbiturate groups is 1. The molecule has 1 saturated heterocycles. The summed E-state index contributed by atoms with van der Waals surface area (Å²) in [6.07, 6.45) is 4.89. The molecule has 9 heteroatoms. The standard InChI is InChI=1S/C39H34BrN3O5/c1-3-18-48-36-33(40)20-24(21-34(36)47-2)19-32-37(44)41-39(46)43(38(32)45)27-22-30-28(25-10-6-4-7-11-25)14-16-42-17-15-29(31(23-27)35(30)42)26-12-8-5-9-13-26/h3-13,19-23,28-29H,1,14-18H2,2H3,(H,41,44,46)/b32-19+/t28-,29+. The Morgan fingerprint density at radius 3 is 2.06 bits per heavy atom. The largest absolute Gasteiger partial charge is 0.493 e. The molecule has 0 unspecified atom stereocenters. The van der Waals surface area contributed by atoms with Gasteiger partial charge in [0.25, 0.3) is 11.8 Å². The van der Waals surface area contributed by atoms with Crippen LogP contribution in [-0.2, 0) is 9.59 Å². The summed E-state index contributed by atoms with van der Waals surface area (Å²) in [5, 5.41) is 2.41. The number of methoxy groups -OCH3 is 1. The molecule has 0 aromatic heterocycles. The number of benzene rings is 4. The Hall–Kier alpha value is -5.15. The topological polar surface area (TPSA) is 88.2 Å². The maximum atomic E-state index is 14.2. The van der Waals surface area contributed by atoms with Crippen LogP contribution in [0, 0.1) is 0 Å². The number of nitrogens with one attached hydrogen (secondary N) is 1. The highest BCUT2D eigenvalue weighted by atomic mass is 79.9. The first-order chi connectivity index (χ1) is 23.4. The van der Waals surface area contributed by atoms with Gasteiger partial charge in [-0.15, -0.1) is 0 Å². The number of rotatable bonds is 8. The van der Waals surface area contributed by atoms with Gasteiger partial charge in [0.1, 0.15) is 12.2 Å². The number of anilines is 2. The monoisotopic (exact) mass is 703 g/mol. The van der Waals surface area contributed by atoms with Crippen LogP contribution in [0.4, 0.5) is 16.2 Å². The van der Waals surface area contributed by atoms with Crippen molar-refractivity contribution in [1.29, 1.82) is 0 Å². The zero-order chi connectivity index (χ0) is 33.4. The predicted octanol–water partition coefficient (Wildman–Crippen LogP) is 7.57. The second-order valence-electron chi connectivity index (χ2n) is 12.1. The van der Waals surface area contributed by atoms with E-state index in [1.807, 2.05) is 48.5 Å². The van der Waals surface area contributed by atoms with Crippen molar-refractivity contribution >= 4 is 51.2 Å². The molecule has 0 saturated carbocycles. The Labute approximate surface area is 287 Å². The van der Waals surface area contributed by atoms with E-state index in [4.69, 9.17) is 9.47 Å². The van der Waals surface area contributed by atoms with E-state index in [0.717, 1.165) is 42.0 Å². The molecule has 7 rings (SSSR count). The molecule has 4 aromatic rings. The normalized spacial score (nSPS) is 19.5. The molecule has 1 fully saturated rings. The van der Waals surface area contributed by atoms with Crippen molar-refractivity contribution in [3.8, 4) is 11.5 Å². The number of urea groups is 1. The molecule has 8 nitrogen and oxygen atoms in total. The molecule has 2 atom stereocenters. The van der Waals surface area contributed by atoms with Crippen LogP contribution >= 0.6 is 15.9 Å². The fourth-order valence-corrected chi connectivity index (χ4v) is 7.71. The molecule has 48 heavy (non-hydrogen) atoms. The molecule has 4 amide bonds. The number of ether oxygens (including phenoxy) is 2. The third kappa shape index (κ3) is 5.68. The van der Waals surface area contributed by atoms with Crippen LogP contribution < -0.4 is 24.6 Å². The van der Waals surface area contributed by atoms with Crippen molar-refractivity contribution in [3.05, 3.63) is 135 Å². The lowest BCUT2D eigenvalue weighted by Gasteiger charge is -2.44. The fraction of sp³-hybridized carbons (Fsp3) is 0.205. The SMILES string of the molecule is C=CCOc1c(Br)cc(/C=C2\C(=O)NC(=O)N(c3cc4c5c(c3)[C@H](c3ccccc3)CCN5CC[C@@H]4c3ccccc3)C2=O)cc1OC. The summed E-state index contributed by atoms with van der Waals surface area (Å²) in [6.45, 7) is 5.79. The number of hydrogen-bond donors (Lipinski definition) is 1. The van der Waals surface area contributed by atoms with Gasteiger partial charge in [0.05, 0.1) is 17.3 Å². The van der Waals surface area contributed by atoms with E-state index in [2.05, 4.69) is 57.0 Å². The Balaban J connectivity index is 1.35. The summed E-state index contributed by atoms with van der Waals surface area (Å²) in [4.78, 5) is 44.5. The zero-order valence-corrected chi connectivity index (χ0v) is 28.0. The molecular formula is C39H34BrN3O5. The maximum absolute atomic E-state index is 14.2. The smallest absolute Gasteiger partial charge is 0.335 e. The average molecular weight is 705 g/mol. The zero-order valence-electron chi connectivity index (χ0n) is 26.4. The van der Waals surface area contributed by atoms with Gasteiger partial charge in [-0.05, 0) is 86.9 Å². The van der Waals surface area contributed by atoms with Gasteiger partial charge in [-0.25, -0.2) is 9.69 Å². The van der Waals surface area contributed by atoms with Gasteiger partial charge in [-0.2, -0.15) is 0 Å². The highest BCUT2D eigenvalue weighted by Crippen LogP contribution is 2.50. The molecule has 242 valence electrons. The molecule has 4 aromatic carbocycles. The second kappa shape index (κ2) is 13.2. The van der Waals surface area contributed by atoms with Gasteiger partial charge in [0.15, 0.2) is 11.5 Å². The van der Waals surface area contributed by atoms with Crippen molar-refractivity contribution in [3.63, 3.8) is 0 Å². The maximum Gasteiger partial charge on any atom is 0.335 e. The van der Waals surface area contributed by atoms with Crippen molar-refractivity contribution in [1.82, 2.24) is 5.32 Å². The number of carbonyl (C=O) groups excluding carboxylic acids is 3. The third-order valence-corrected chi connectivity index (χ3v) is 9.86. The summed E-state index contributed by atoms with van der Waals surface area (Å²) in [6, 6.07) is 27.3. The number of imide groups is 2. The molecule has 3 aliphatic rings. The summed E-state index contributed by atoms with van der Waals surface area (Å²) >= 11 is 3.51. The van der Waals surface area contributed by atoms with E-state index in [1.165, 1.54) is 30.0 Å². The van der Waals surface area contributed by atoms with E-state index in [1.54, 1.807) is 18.2 Å². The summed E-state index contributed by atoms with van der Waals surface area (Å²) in [7, 11) is 1.51. The first-order valence-electron chi connectivity index (χ1n) is 15.9. The van der Waals surface area contributed by atoms with E-state index >= 15 is 0 Å². The van der Waals surface area contributed by atoms with Crippen LogP contribution in [0.15, 0.2) is 108 Å². The first-order valence-corrected chi connectivity index (χ1v) is 16.7. The molecule has 3 aliphatic heterocycles. The number of amides is 4. The Bertz CT molecular complexity index is 1890. The van der Waals surface area contributed by atoms with Crippen LogP contribution in [0.2, 0.25) is 0 Å². The second-order valence-corrected chi connectivity index (χ2v) is 12.9. The molecule has 0 aliphatic carbocycles. The van der Waals surface area contributed by atoms with Gasteiger partial charge < -0.3 is 14.4 Å². The van der Waals surface area contributed by atoms with Crippen LogP contribution in [-0.4, -0.2) is 44.7 Å². The van der Waals surface area contributed by atoms with Crippen LogP contribution in [0.25, 0.3) is 6.08 Å². The van der Waals surface area contributed by atoms with Crippen molar-refractivity contribution in [2.75, 3.05) is 36.6 Å². The van der Waals surface area contributed by atoms with Gasteiger partial charge in [-0.3, -0.25) is 14.9 Å². The van der Waals surface area contributed by atoms with Crippen LogP contribution in [0.1, 0.15) is 52.5 Å². The van der Waals surface area contributed by atoms with Crippen molar-refractivity contribution in [2.45, 2.75) is 24.7 Å². The van der Waals surface area contributed by atoms with Gasteiger partial charge >= 0.3 is 6.03 Å². The molecule has 3 heterocycles. The van der Waals surface area contributed by atoms with Crippen LogP contribution in [0.3, 0.4) is 0 Å². The highest BCUT2D eigenvalue weighted by Gasteiger charge is 2.40. The summed E-state index contributed by atoms with van der Waals surface area (Å²) in [5.74, 6) is -0.429. The minimum absolute atomic E-state index is 0.0805. The fourth-order valence-electron chi connectivity index (χ4n) is 7.13. The van der Waals surface area contributed by atoms with E-state index in [-0.39, 0.29) is 24.0 Å². The van der Waals surface area contributed by atoms with Gasteiger partial charge in [0, 0.05) is 30.6 Å². The first kappa shape index (κ1) is 31.4. The Morgan fingerprint density at radius 1 is 0.896 bits per heavy atom. The van der Waals surface area contributed by atoms with Crippen molar-refractivity contribution < 1.29 is 23.9 Å². The van der Waals surface area contributed by atoms with E-state index in [0.29, 0.717) is 27.2 Å². The average Bonchev–Trinajstić information content (AvgIpc) is 3.10. The van der Waals surface area contributed by atoms with E-state index in [9.17, 15) is 14.4 Å². The van der Waals surface area contributed by atoms with Crippen LogP contribution in [0.5, 0.6) is 11.5 Å². The number of carbonyl (C=O) groups is 3. The molecule has 0 bridgehead atoms. The quantitative estimate of drug-likeness (QED) is 0.116. The van der Waals surface area contributed by atoms with E-state index < -0.39 is 17.8 Å². The summed E-state index contributed by atoms with van der Waals surface area (Å²) < 4.78 is 11.8. The molecule has 1 N–H and O–H groups in total. The predicted molar refractivity (Wildman–Crippen MR) is 190 cm³/mol. The number of nitrogens with zero attached hydrogens (tertiary/aromatic N) is 2. The minimum Gasteiger partial charge on any atom is -0.493 e. The van der Waals surface area contributed by atoms with Crippen molar-refractivity contribution in [2.24, 2.45) is 0 Å². The number of halogens is 1. The molecule has 0 spiro atoms. The minimum atomic E-state index is -0.780. The molecule has 0 radical (unpaired) electrons. The van der Waals surface area contributed by atoms with Gasteiger partial charge in [-0.1, -0.05) is 73.3 Å². The number of hydrogen-bond acceptors (Lipinski definition) is 6. The Morgan fingerprint density at radius 2 is 1.50 bits per heavy atom. The highest BCUT2D eigenvalue weighted by molar-refractivity contribution is 9.10. The lowest BCUT2D eigenvalue weighted by Crippen LogP contribution is -2.54. The molecular weight excluding hydrogens is 670 g/mol. The summed E-state index contributed by atoms with van der Waals surface area (Å²) in [5.41, 5.74) is 6.47.